The highest BCUT2D eigenvalue weighted by molar-refractivity contribution is 5.16. The molecule has 0 aromatic heterocycles. The summed E-state index contributed by atoms with van der Waals surface area (Å²) < 4.78 is 0. The maximum absolute atomic E-state index is 11.1. The standard InChI is InChI=1S/C20H34O3/c1-7-13(2)9-10-14-19(5)12-8-11-18(3,4)16(19)15(21)17(22)20(14,6)23/h7,14-17,21-23H,1-2,8-12H2,3-6H3. The van der Waals surface area contributed by atoms with Crippen LogP contribution in [0.3, 0.4) is 0 Å². The van der Waals surface area contributed by atoms with Gasteiger partial charge in [0.15, 0.2) is 0 Å². The minimum Gasteiger partial charge on any atom is -0.390 e. The van der Waals surface area contributed by atoms with E-state index in [4.69, 9.17) is 0 Å². The van der Waals surface area contributed by atoms with Crippen molar-refractivity contribution in [1.82, 2.24) is 0 Å². The van der Waals surface area contributed by atoms with Crippen LogP contribution < -0.4 is 0 Å². The second-order valence-corrected chi connectivity index (χ2v) is 8.94. The van der Waals surface area contributed by atoms with E-state index in [2.05, 4.69) is 33.9 Å². The topological polar surface area (TPSA) is 60.7 Å². The highest BCUT2D eigenvalue weighted by atomic mass is 16.4. The first-order valence-corrected chi connectivity index (χ1v) is 8.87. The predicted molar refractivity (Wildman–Crippen MR) is 93.9 cm³/mol. The zero-order valence-corrected chi connectivity index (χ0v) is 15.2. The Balaban J connectivity index is 2.43. The van der Waals surface area contributed by atoms with Crippen LogP contribution in [-0.2, 0) is 0 Å². The number of aliphatic hydroxyl groups is 3. The summed E-state index contributed by atoms with van der Waals surface area (Å²) in [7, 11) is 0. The van der Waals surface area contributed by atoms with Crippen LogP contribution in [0.2, 0.25) is 0 Å². The van der Waals surface area contributed by atoms with Crippen molar-refractivity contribution >= 4 is 0 Å². The van der Waals surface area contributed by atoms with Crippen molar-refractivity contribution in [3.63, 3.8) is 0 Å². The molecule has 3 N–H and O–H groups in total. The van der Waals surface area contributed by atoms with E-state index in [-0.39, 0.29) is 22.7 Å². The maximum atomic E-state index is 11.1. The summed E-state index contributed by atoms with van der Waals surface area (Å²) in [5.74, 6) is -0.0874. The van der Waals surface area contributed by atoms with Gasteiger partial charge in [0.05, 0.1) is 11.7 Å². The minimum absolute atomic E-state index is 0.0130. The molecule has 2 rings (SSSR count). The lowest BCUT2D eigenvalue weighted by atomic mass is 9.43. The summed E-state index contributed by atoms with van der Waals surface area (Å²) in [4.78, 5) is 0. The lowest BCUT2D eigenvalue weighted by Crippen LogP contribution is -2.69. The van der Waals surface area contributed by atoms with E-state index in [0.717, 1.165) is 37.7 Å². The molecular weight excluding hydrogens is 288 g/mol. The van der Waals surface area contributed by atoms with Crippen LogP contribution in [-0.4, -0.2) is 33.1 Å². The lowest BCUT2D eigenvalue weighted by molar-refractivity contribution is -0.267. The molecule has 2 saturated carbocycles. The van der Waals surface area contributed by atoms with Gasteiger partial charge in [0.2, 0.25) is 0 Å². The Morgan fingerprint density at radius 3 is 2.35 bits per heavy atom. The van der Waals surface area contributed by atoms with Gasteiger partial charge >= 0.3 is 0 Å². The van der Waals surface area contributed by atoms with Crippen LogP contribution in [0.1, 0.15) is 59.8 Å². The Morgan fingerprint density at radius 1 is 1.17 bits per heavy atom. The molecule has 0 radical (unpaired) electrons. The molecule has 2 aliphatic rings. The zero-order chi connectivity index (χ0) is 17.6. The van der Waals surface area contributed by atoms with Crippen LogP contribution in [0.25, 0.3) is 0 Å². The molecule has 3 nitrogen and oxygen atoms in total. The molecule has 132 valence electrons. The molecule has 2 aliphatic carbocycles. The van der Waals surface area contributed by atoms with Crippen molar-refractivity contribution in [3.8, 4) is 0 Å². The molecule has 0 amide bonds. The van der Waals surface area contributed by atoms with Gasteiger partial charge in [0.1, 0.15) is 6.10 Å². The van der Waals surface area contributed by atoms with Gasteiger partial charge in [-0.25, -0.2) is 0 Å². The fourth-order valence-corrected chi connectivity index (χ4v) is 5.83. The van der Waals surface area contributed by atoms with Crippen molar-refractivity contribution in [2.45, 2.75) is 77.6 Å². The number of allylic oxidation sites excluding steroid dienone is 2. The van der Waals surface area contributed by atoms with Crippen LogP contribution in [0.5, 0.6) is 0 Å². The molecule has 0 bridgehead atoms. The normalized spacial score (nSPS) is 46.0. The van der Waals surface area contributed by atoms with Crippen molar-refractivity contribution in [3.05, 3.63) is 24.8 Å². The molecule has 23 heavy (non-hydrogen) atoms. The Kier molecular flexibility index (Phi) is 4.89. The van der Waals surface area contributed by atoms with Gasteiger partial charge < -0.3 is 15.3 Å². The van der Waals surface area contributed by atoms with E-state index in [0.29, 0.717) is 0 Å². The van der Waals surface area contributed by atoms with Crippen molar-refractivity contribution in [2.24, 2.45) is 22.7 Å². The van der Waals surface area contributed by atoms with Gasteiger partial charge in [0, 0.05) is 0 Å². The van der Waals surface area contributed by atoms with E-state index in [9.17, 15) is 15.3 Å². The SMILES string of the molecule is C=CC(=C)CCC1C(C)(O)C(O)C(O)C2C(C)(C)CCCC21C. The van der Waals surface area contributed by atoms with Gasteiger partial charge in [-0.05, 0) is 55.3 Å². The first-order chi connectivity index (χ1) is 10.5. The molecular formula is C20H34O3. The average Bonchev–Trinajstić information content (AvgIpc) is 2.43. The Hall–Kier alpha value is -0.640. The monoisotopic (exact) mass is 322 g/mol. The van der Waals surface area contributed by atoms with Crippen LogP contribution >= 0.6 is 0 Å². The van der Waals surface area contributed by atoms with Gasteiger partial charge in [-0.1, -0.05) is 52.0 Å². The Morgan fingerprint density at radius 2 is 1.78 bits per heavy atom. The number of rotatable bonds is 4. The molecule has 6 atom stereocenters. The lowest BCUT2D eigenvalue weighted by Gasteiger charge is -2.64. The smallest absolute Gasteiger partial charge is 0.109 e. The fraction of sp³-hybridized carbons (Fsp3) is 0.800. The molecule has 0 aromatic rings. The van der Waals surface area contributed by atoms with E-state index >= 15 is 0 Å². The molecule has 3 heteroatoms. The molecule has 2 fully saturated rings. The second-order valence-electron chi connectivity index (χ2n) is 8.94. The minimum atomic E-state index is -1.29. The molecule has 0 spiro atoms. The maximum Gasteiger partial charge on any atom is 0.109 e. The van der Waals surface area contributed by atoms with Gasteiger partial charge in [-0.3, -0.25) is 0 Å². The summed E-state index contributed by atoms with van der Waals surface area (Å²) in [5.41, 5.74) is -0.570. The van der Waals surface area contributed by atoms with Crippen molar-refractivity contribution in [1.29, 1.82) is 0 Å². The third-order valence-corrected chi connectivity index (χ3v) is 6.90. The second kappa shape index (κ2) is 6.02. The van der Waals surface area contributed by atoms with Crippen LogP contribution in [0, 0.1) is 22.7 Å². The average molecular weight is 322 g/mol. The number of hydrogen-bond acceptors (Lipinski definition) is 3. The molecule has 6 unspecified atom stereocenters. The van der Waals surface area contributed by atoms with E-state index in [1.54, 1.807) is 13.0 Å². The molecule has 0 aliphatic heterocycles. The third kappa shape index (κ3) is 2.92. The van der Waals surface area contributed by atoms with E-state index < -0.39 is 17.8 Å². The molecule has 0 heterocycles. The molecule has 0 saturated heterocycles. The Bertz CT molecular complexity index is 479. The largest absolute Gasteiger partial charge is 0.390 e. The van der Waals surface area contributed by atoms with Gasteiger partial charge in [0.25, 0.3) is 0 Å². The number of hydrogen-bond donors (Lipinski definition) is 3. The highest BCUT2D eigenvalue weighted by Crippen LogP contribution is 2.63. The first kappa shape index (κ1) is 18.7. The summed E-state index contributed by atoms with van der Waals surface area (Å²) in [5, 5.41) is 32.5. The Labute approximate surface area is 141 Å². The van der Waals surface area contributed by atoms with E-state index in [1.807, 2.05) is 0 Å². The van der Waals surface area contributed by atoms with Crippen LogP contribution in [0.4, 0.5) is 0 Å². The molecule has 0 aromatic carbocycles. The van der Waals surface area contributed by atoms with Crippen molar-refractivity contribution in [2.75, 3.05) is 0 Å². The number of fused-ring (bicyclic) bond motifs is 1. The zero-order valence-electron chi connectivity index (χ0n) is 15.2. The number of aliphatic hydroxyl groups excluding tert-OH is 2. The summed E-state index contributed by atoms with van der Waals surface area (Å²) in [6.45, 7) is 16.0. The van der Waals surface area contributed by atoms with Gasteiger partial charge in [-0.2, -0.15) is 0 Å². The highest BCUT2D eigenvalue weighted by Gasteiger charge is 2.64. The third-order valence-electron chi connectivity index (χ3n) is 6.90. The van der Waals surface area contributed by atoms with E-state index in [1.165, 1.54) is 0 Å². The summed E-state index contributed by atoms with van der Waals surface area (Å²) in [6.07, 6.45) is 4.40. The summed E-state index contributed by atoms with van der Waals surface area (Å²) >= 11 is 0. The quantitative estimate of drug-likeness (QED) is 0.695. The fourth-order valence-electron chi connectivity index (χ4n) is 5.83. The predicted octanol–water partition coefficient (Wildman–Crippen LogP) is 3.44. The summed E-state index contributed by atoms with van der Waals surface area (Å²) in [6, 6.07) is 0. The van der Waals surface area contributed by atoms with Crippen LogP contribution in [0.15, 0.2) is 24.8 Å². The first-order valence-electron chi connectivity index (χ1n) is 8.87. The van der Waals surface area contributed by atoms with Gasteiger partial charge in [-0.15, -0.1) is 0 Å². The van der Waals surface area contributed by atoms with Crippen molar-refractivity contribution < 1.29 is 15.3 Å².